The third-order valence-electron chi connectivity index (χ3n) is 6.44. The molecule has 4 aromatic rings. The molecular formula is C27H29N5O2. The molecule has 7 nitrogen and oxygen atoms in total. The Labute approximate surface area is 199 Å². The smallest absolute Gasteiger partial charge is 0.257 e. The molecular weight excluding hydrogens is 426 g/mol. The van der Waals surface area contributed by atoms with Crippen LogP contribution in [0.4, 0.5) is 0 Å². The number of carbonyl (C=O) groups is 1. The van der Waals surface area contributed by atoms with Crippen molar-refractivity contribution in [3.05, 3.63) is 89.4 Å². The summed E-state index contributed by atoms with van der Waals surface area (Å²) in [5, 5.41) is 4.78. The Bertz CT molecular complexity index is 1280. The number of aromatic nitrogens is 3. The topological polar surface area (TPSA) is 63.0 Å². The average molecular weight is 456 g/mol. The fraction of sp³-hybridized carbons (Fsp3) is 0.296. The summed E-state index contributed by atoms with van der Waals surface area (Å²) in [7, 11) is 1.66. The van der Waals surface area contributed by atoms with Crippen molar-refractivity contribution >= 4 is 11.6 Å². The molecule has 3 heterocycles. The van der Waals surface area contributed by atoms with Gasteiger partial charge in [-0.1, -0.05) is 60.7 Å². The van der Waals surface area contributed by atoms with E-state index >= 15 is 0 Å². The van der Waals surface area contributed by atoms with E-state index in [9.17, 15) is 4.79 Å². The number of amides is 1. The van der Waals surface area contributed by atoms with E-state index < -0.39 is 0 Å². The highest BCUT2D eigenvalue weighted by atomic mass is 16.5. The first-order chi connectivity index (χ1) is 16.7. The van der Waals surface area contributed by atoms with E-state index in [1.807, 2.05) is 48.2 Å². The van der Waals surface area contributed by atoms with E-state index in [-0.39, 0.29) is 5.91 Å². The number of aryl methyl sites for hydroxylation is 1. The van der Waals surface area contributed by atoms with Crippen LogP contribution >= 0.6 is 0 Å². The lowest BCUT2D eigenvalue weighted by atomic mass is 10.1. The molecule has 0 spiro atoms. The fourth-order valence-corrected chi connectivity index (χ4v) is 4.61. The molecule has 2 aromatic carbocycles. The van der Waals surface area contributed by atoms with Crippen molar-refractivity contribution in [2.75, 3.05) is 33.3 Å². The first-order valence-electron chi connectivity index (χ1n) is 11.6. The number of ether oxygens (including phenoxy) is 1. The monoisotopic (exact) mass is 455 g/mol. The summed E-state index contributed by atoms with van der Waals surface area (Å²) in [5.74, 6) is 0.0105. The van der Waals surface area contributed by atoms with Gasteiger partial charge >= 0.3 is 0 Å². The molecule has 5 rings (SSSR count). The van der Waals surface area contributed by atoms with Crippen LogP contribution in [0, 0.1) is 6.92 Å². The lowest BCUT2D eigenvalue weighted by molar-refractivity contribution is 0.0626. The molecule has 2 aromatic heterocycles. The summed E-state index contributed by atoms with van der Waals surface area (Å²) in [4.78, 5) is 22.4. The Balaban J connectivity index is 1.38. The van der Waals surface area contributed by atoms with E-state index in [4.69, 9.17) is 14.8 Å². The van der Waals surface area contributed by atoms with E-state index in [2.05, 4.69) is 29.2 Å². The maximum absolute atomic E-state index is 13.4. The predicted octanol–water partition coefficient (Wildman–Crippen LogP) is 3.81. The van der Waals surface area contributed by atoms with Gasteiger partial charge in [0.2, 0.25) is 0 Å². The summed E-state index contributed by atoms with van der Waals surface area (Å²) in [5.41, 5.74) is 6.21. The van der Waals surface area contributed by atoms with Crippen LogP contribution in [0.25, 0.3) is 16.8 Å². The maximum Gasteiger partial charge on any atom is 0.257 e. The van der Waals surface area contributed by atoms with Gasteiger partial charge in [0.05, 0.1) is 29.1 Å². The molecule has 0 saturated carbocycles. The number of hydrogen-bond acceptors (Lipinski definition) is 5. The molecule has 34 heavy (non-hydrogen) atoms. The predicted molar refractivity (Wildman–Crippen MR) is 131 cm³/mol. The van der Waals surface area contributed by atoms with Gasteiger partial charge in [-0.15, -0.1) is 0 Å². The molecule has 1 aliphatic heterocycles. The Morgan fingerprint density at radius 2 is 1.65 bits per heavy atom. The SMILES string of the molecule is COCc1nn2c(C)c(C(=O)N3CCN(Cc4ccccc4)CC3)cnc2c1-c1ccccc1. The van der Waals surface area contributed by atoms with E-state index in [0.29, 0.717) is 25.3 Å². The third kappa shape index (κ3) is 4.32. The Morgan fingerprint density at radius 3 is 2.32 bits per heavy atom. The van der Waals surface area contributed by atoms with Crippen LogP contribution in [0.15, 0.2) is 66.9 Å². The van der Waals surface area contributed by atoms with Gasteiger partial charge in [-0.25, -0.2) is 9.50 Å². The molecule has 0 N–H and O–H groups in total. The standard InChI is InChI=1S/C27H29N5O2/c1-20-23(27(33)31-15-13-30(14-16-31)18-21-9-5-3-6-10-21)17-28-26-25(22-11-7-4-8-12-22)24(19-34-2)29-32(20)26/h3-12,17H,13-16,18-19H2,1-2H3. The quantitative estimate of drug-likeness (QED) is 0.442. The molecule has 0 unspecified atom stereocenters. The molecule has 1 amide bonds. The molecule has 1 aliphatic rings. The molecule has 1 saturated heterocycles. The molecule has 0 aliphatic carbocycles. The van der Waals surface area contributed by atoms with Crippen LogP contribution in [-0.4, -0.2) is 63.6 Å². The third-order valence-corrected chi connectivity index (χ3v) is 6.44. The van der Waals surface area contributed by atoms with Crippen LogP contribution in [0.5, 0.6) is 0 Å². The van der Waals surface area contributed by atoms with Crippen molar-refractivity contribution < 1.29 is 9.53 Å². The number of piperazine rings is 1. The van der Waals surface area contributed by atoms with Crippen molar-refractivity contribution in [3.8, 4) is 11.1 Å². The highest BCUT2D eigenvalue weighted by Gasteiger charge is 2.26. The average Bonchev–Trinajstić information content (AvgIpc) is 3.25. The molecule has 174 valence electrons. The zero-order valence-corrected chi connectivity index (χ0v) is 19.6. The number of rotatable bonds is 6. The lowest BCUT2D eigenvalue weighted by Gasteiger charge is -2.35. The first kappa shape index (κ1) is 22.3. The van der Waals surface area contributed by atoms with Crippen LogP contribution in [0.1, 0.15) is 27.3 Å². The zero-order chi connectivity index (χ0) is 23.5. The number of carbonyl (C=O) groups excluding carboxylic acids is 1. The van der Waals surface area contributed by atoms with Gasteiger partial charge in [0.25, 0.3) is 5.91 Å². The number of hydrogen-bond donors (Lipinski definition) is 0. The zero-order valence-electron chi connectivity index (χ0n) is 19.6. The minimum atomic E-state index is 0.0105. The van der Waals surface area contributed by atoms with Gasteiger partial charge in [0.15, 0.2) is 5.65 Å². The van der Waals surface area contributed by atoms with Gasteiger partial charge in [0.1, 0.15) is 0 Å². The van der Waals surface area contributed by atoms with E-state index in [0.717, 1.165) is 47.8 Å². The van der Waals surface area contributed by atoms with E-state index in [1.54, 1.807) is 17.8 Å². The largest absolute Gasteiger partial charge is 0.378 e. The maximum atomic E-state index is 13.4. The van der Waals surface area contributed by atoms with Crippen LogP contribution in [0.3, 0.4) is 0 Å². The lowest BCUT2D eigenvalue weighted by Crippen LogP contribution is -2.48. The normalized spacial score (nSPS) is 14.6. The van der Waals surface area contributed by atoms with Gasteiger partial charge in [-0.05, 0) is 18.1 Å². The molecule has 0 atom stereocenters. The molecule has 0 bridgehead atoms. The molecule has 0 radical (unpaired) electrons. The Hall–Kier alpha value is -3.55. The van der Waals surface area contributed by atoms with Gasteiger partial charge in [-0.3, -0.25) is 9.69 Å². The van der Waals surface area contributed by atoms with Crippen molar-refractivity contribution in [1.82, 2.24) is 24.4 Å². The number of fused-ring (bicyclic) bond motifs is 1. The summed E-state index contributed by atoms with van der Waals surface area (Å²) in [6.45, 7) is 6.33. The van der Waals surface area contributed by atoms with Crippen molar-refractivity contribution in [3.63, 3.8) is 0 Å². The fourth-order valence-electron chi connectivity index (χ4n) is 4.61. The van der Waals surface area contributed by atoms with Crippen LogP contribution in [-0.2, 0) is 17.9 Å². The second-order valence-electron chi connectivity index (χ2n) is 8.67. The Kier molecular flexibility index (Phi) is 6.38. The minimum Gasteiger partial charge on any atom is -0.378 e. The van der Waals surface area contributed by atoms with Gasteiger partial charge < -0.3 is 9.64 Å². The second kappa shape index (κ2) is 9.75. The van der Waals surface area contributed by atoms with Crippen LogP contribution < -0.4 is 0 Å². The minimum absolute atomic E-state index is 0.0105. The molecule has 7 heteroatoms. The van der Waals surface area contributed by atoms with Crippen molar-refractivity contribution in [1.29, 1.82) is 0 Å². The van der Waals surface area contributed by atoms with Crippen molar-refractivity contribution in [2.45, 2.75) is 20.1 Å². The number of nitrogens with zero attached hydrogens (tertiary/aromatic N) is 5. The summed E-state index contributed by atoms with van der Waals surface area (Å²) in [6.07, 6.45) is 1.70. The van der Waals surface area contributed by atoms with Crippen molar-refractivity contribution in [2.24, 2.45) is 0 Å². The number of benzene rings is 2. The highest BCUT2D eigenvalue weighted by molar-refractivity contribution is 5.95. The number of methoxy groups -OCH3 is 1. The van der Waals surface area contributed by atoms with Gasteiger partial charge in [0, 0.05) is 46.0 Å². The molecule has 1 fully saturated rings. The Morgan fingerprint density at radius 1 is 0.971 bits per heavy atom. The summed E-state index contributed by atoms with van der Waals surface area (Å²) >= 11 is 0. The van der Waals surface area contributed by atoms with Gasteiger partial charge in [-0.2, -0.15) is 5.10 Å². The summed E-state index contributed by atoms with van der Waals surface area (Å²) in [6, 6.07) is 20.5. The highest BCUT2D eigenvalue weighted by Crippen LogP contribution is 2.29. The van der Waals surface area contributed by atoms with E-state index in [1.165, 1.54) is 5.56 Å². The first-order valence-corrected chi connectivity index (χ1v) is 11.6. The van der Waals surface area contributed by atoms with Crippen LogP contribution in [0.2, 0.25) is 0 Å². The summed E-state index contributed by atoms with van der Waals surface area (Å²) < 4.78 is 7.19. The second-order valence-corrected chi connectivity index (χ2v) is 8.67.